The summed E-state index contributed by atoms with van der Waals surface area (Å²) in [7, 11) is 0. The lowest BCUT2D eigenvalue weighted by atomic mass is 10.0. The van der Waals surface area contributed by atoms with Crippen LogP contribution in [0.5, 0.6) is 5.75 Å². The molecule has 0 spiro atoms. The SMILES string of the molecule is O=C1CCc2cc(OCCn3cccn3)ccc2N1. The summed E-state index contributed by atoms with van der Waals surface area (Å²) in [5.41, 5.74) is 2.03. The quantitative estimate of drug-likeness (QED) is 0.909. The number of aryl methyl sites for hydroxylation is 1. The van der Waals surface area contributed by atoms with Crippen molar-refractivity contribution in [2.24, 2.45) is 0 Å². The van der Waals surface area contributed by atoms with Crippen molar-refractivity contribution in [3.8, 4) is 5.75 Å². The van der Waals surface area contributed by atoms with Crippen LogP contribution in [0.1, 0.15) is 12.0 Å². The Morgan fingerprint density at radius 1 is 1.37 bits per heavy atom. The number of hydrogen-bond donors (Lipinski definition) is 1. The van der Waals surface area contributed by atoms with E-state index in [4.69, 9.17) is 4.74 Å². The Balaban J connectivity index is 1.61. The molecule has 0 saturated heterocycles. The molecule has 1 N–H and O–H groups in total. The van der Waals surface area contributed by atoms with Crippen LogP contribution in [0, 0.1) is 0 Å². The summed E-state index contributed by atoms with van der Waals surface area (Å²) >= 11 is 0. The fourth-order valence-corrected chi connectivity index (χ4v) is 2.14. The summed E-state index contributed by atoms with van der Waals surface area (Å²) in [6.07, 6.45) is 4.98. The average Bonchev–Trinajstić information content (AvgIpc) is 2.92. The van der Waals surface area contributed by atoms with E-state index in [0.29, 0.717) is 13.0 Å². The molecule has 0 unspecified atom stereocenters. The van der Waals surface area contributed by atoms with Crippen LogP contribution in [0.2, 0.25) is 0 Å². The molecule has 3 rings (SSSR count). The molecule has 2 heterocycles. The Kier molecular flexibility index (Phi) is 3.18. The molecule has 98 valence electrons. The van der Waals surface area contributed by atoms with Crippen molar-refractivity contribution in [3.05, 3.63) is 42.2 Å². The van der Waals surface area contributed by atoms with Gasteiger partial charge in [0.05, 0.1) is 6.54 Å². The molecule has 0 fully saturated rings. The molecule has 19 heavy (non-hydrogen) atoms. The zero-order chi connectivity index (χ0) is 13.1. The molecule has 0 aliphatic carbocycles. The maximum Gasteiger partial charge on any atom is 0.224 e. The van der Waals surface area contributed by atoms with Crippen LogP contribution < -0.4 is 10.1 Å². The number of aromatic nitrogens is 2. The van der Waals surface area contributed by atoms with Crippen LogP contribution in [0.15, 0.2) is 36.7 Å². The van der Waals surface area contributed by atoms with Gasteiger partial charge in [-0.05, 0) is 36.2 Å². The van der Waals surface area contributed by atoms with Crippen molar-refractivity contribution < 1.29 is 9.53 Å². The molecular formula is C14H15N3O2. The molecule has 1 amide bonds. The molecule has 1 aromatic carbocycles. The Labute approximate surface area is 111 Å². The molecule has 1 aliphatic rings. The second-order valence-electron chi connectivity index (χ2n) is 4.48. The Morgan fingerprint density at radius 2 is 2.32 bits per heavy atom. The van der Waals surface area contributed by atoms with Crippen LogP contribution in [0.4, 0.5) is 5.69 Å². The maximum atomic E-state index is 11.3. The predicted octanol–water partition coefficient (Wildman–Crippen LogP) is 1.85. The third-order valence-corrected chi connectivity index (χ3v) is 3.12. The molecule has 0 bridgehead atoms. The highest BCUT2D eigenvalue weighted by molar-refractivity contribution is 5.93. The minimum Gasteiger partial charge on any atom is -0.492 e. The summed E-state index contributed by atoms with van der Waals surface area (Å²) in [4.78, 5) is 11.3. The van der Waals surface area contributed by atoms with E-state index >= 15 is 0 Å². The number of carbonyl (C=O) groups is 1. The van der Waals surface area contributed by atoms with Crippen LogP contribution in [0.3, 0.4) is 0 Å². The average molecular weight is 257 g/mol. The van der Waals surface area contributed by atoms with E-state index in [-0.39, 0.29) is 5.91 Å². The normalized spacial score (nSPS) is 13.8. The molecule has 0 atom stereocenters. The zero-order valence-corrected chi connectivity index (χ0v) is 10.5. The summed E-state index contributed by atoms with van der Waals surface area (Å²) in [5, 5.41) is 6.97. The molecule has 1 aliphatic heterocycles. The maximum absolute atomic E-state index is 11.3. The summed E-state index contributed by atoms with van der Waals surface area (Å²) in [6, 6.07) is 7.67. The number of anilines is 1. The summed E-state index contributed by atoms with van der Waals surface area (Å²) in [6.45, 7) is 1.30. The monoisotopic (exact) mass is 257 g/mol. The van der Waals surface area contributed by atoms with Gasteiger partial charge in [-0.3, -0.25) is 9.48 Å². The van der Waals surface area contributed by atoms with Gasteiger partial charge < -0.3 is 10.1 Å². The van der Waals surface area contributed by atoms with Gasteiger partial charge in [0.15, 0.2) is 0 Å². The van der Waals surface area contributed by atoms with Crippen molar-refractivity contribution in [2.45, 2.75) is 19.4 Å². The highest BCUT2D eigenvalue weighted by atomic mass is 16.5. The van der Waals surface area contributed by atoms with Gasteiger partial charge in [0.2, 0.25) is 5.91 Å². The number of fused-ring (bicyclic) bond motifs is 1. The third-order valence-electron chi connectivity index (χ3n) is 3.12. The van der Waals surface area contributed by atoms with Crippen molar-refractivity contribution in [3.63, 3.8) is 0 Å². The number of benzene rings is 1. The van der Waals surface area contributed by atoms with Gasteiger partial charge >= 0.3 is 0 Å². The number of hydrogen-bond acceptors (Lipinski definition) is 3. The number of rotatable bonds is 4. The van der Waals surface area contributed by atoms with E-state index in [1.165, 1.54) is 0 Å². The first-order valence-electron chi connectivity index (χ1n) is 6.34. The first-order valence-corrected chi connectivity index (χ1v) is 6.34. The molecular weight excluding hydrogens is 242 g/mol. The highest BCUT2D eigenvalue weighted by Gasteiger charge is 2.14. The number of nitrogens with zero attached hydrogens (tertiary/aromatic N) is 2. The number of carbonyl (C=O) groups excluding carboxylic acids is 1. The topological polar surface area (TPSA) is 56.2 Å². The fourth-order valence-electron chi connectivity index (χ4n) is 2.14. The number of amides is 1. The van der Waals surface area contributed by atoms with E-state index in [1.54, 1.807) is 6.20 Å². The van der Waals surface area contributed by atoms with Crippen molar-refractivity contribution in [2.75, 3.05) is 11.9 Å². The standard InChI is InChI=1S/C14H15N3O2/c18-14-5-2-11-10-12(3-4-13(11)16-14)19-9-8-17-7-1-6-15-17/h1,3-4,6-7,10H,2,5,8-9H2,(H,16,18). The van der Waals surface area contributed by atoms with Crippen LogP contribution in [0.25, 0.3) is 0 Å². The van der Waals surface area contributed by atoms with Crippen LogP contribution >= 0.6 is 0 Å². The molecule has 0 radical (unpaired) electrons. The lowest BCUT2D eigenvalue weighted by Crippen LogP contribution is -2.18. The molecule has 5 nitrogen and oxygen atoms in total. The largest absolute Gasteiger partial charge is 0.492 e. The van der Waals surface area contributed by atoms with Crippen molar-refractivity contribution in [1.29, 1.82) is 0 Å². The van der Waals surface area contributed by atoms with Gasteiger partial charge in [-0.25, -0.2) is 0 Å². The highest BCUT2D eigenvalue weighted by Crippen LogP contribution is 2.26. The van der Waals surface area contributed by atoms with Gasteiger partial charge in [0.25, 0.3) is 0 Å². The zero-order valence-electron chi connectivity index (χ0n) is 10.5. The summed E-state index contributed by atoms with van der Waals surface area (Å²) < 4.78 is 7.53. The molecule has 5 heteroatoms. The second kappa shape index (κ2) is 5.14. The number of nitrogens with one attached hydrogen (secondary N) is 1. The number of ether oxygens (including phenoxy) is 1. The Morgan fingerprint density at radius 3 is 3.16 bits per heavy atom. The smallest absolute Gasteiger partial charge is 0.224 e. The van der Waals surface area contributed by atoms with Crippen molar-refractivity contribution in [1.82, 2.24) is 9.78 Å². The van der Waals surface area contributed by atoms with E-state index in [0.717, 1.165) is 30.0 Å². The Hall–Kier alpha value is -2.30. The Bertz CT molecular complexity index is 578. The van der Waals surface area contributed by atoms with E-state index in [1.807, 2.05) is 35.1 Å². The van der Waals surface area contributed by atoms with Crippen LogP contribution in [-0.4, -0.2) is 22.3 Å². The lowest BCUT2D eigenvalue weighted by molar-refractivity contribution is -0.116. The van der Waals surface area contributed by atoms with Gasteiger partial charge in [0, 0.05) is 24.5 Å². The first-order chi connectivity index (χ1) is 9.31. The second-order valence-corrected chi connectivity index (χ2v) is 4.48. The molecule has 0 saturated carbocycles. The van der Waals surface area contributed by atoms with E-state index in [9.17, 15) is 4.79 Å². The summed E-state index contributed by atoms with van der Waals surface area (Å²) in [5.74, 6) is 0.918. The molecule has 2 aromatic rings. The lowest BCUT2D eigenvalue weighted by Gasteiger charge is -2.17. The minimum absolute atomic E-state index is 0.0832. The third kappa shape index (κ3) is 2.76. The van der Waals surface area contributed by atoms with Crippen LogP contribution in [-0.2, 0) is 17.8 Å². The van der Waals surface area contributed by atoms with Gasteiger partial charge in [0.1, 0.15) is 12.4 Å². The van der Waals surface area contributed by atoms with E-state index < -0.39 is 0 Å². The fraction of sp³-hybridized carbons (Fsp3) is 0.286. The molecule has 1 aromatic heterocycles. The van der Waals surface area contributed by atoms with Gasteiger partial charge in [-0.1, -0.05) is 0 Å². The van der Waals surface area contributed by atoms with Gasteiger partial charge in [-0.15, -0.1) is 0 Å². The van der Waals surface area contributed by atoms with Crippen molar-refractivity contribution >= 4 is 11.6 Å². The predicted molar refractivity (Wildman–Crippen MR) is 71.1 cm³/mol. The van der Waals surface area contributed by atoms with E-state index in [2.05, 4.69) is 10.4 Å². The minimum atomic E-state index is 0.0832. The first kappa shape index (κ1) is 11.8. The van der Waals surface area contributed by atoms with Gasteiger partial charge in [-0.2, -0.15) is 5.10 Å².